The second kappa shape index (κ2) is 2.89. The van der Waals surface area contributed by atoms with E-state index < -0.39 is 0 Å². The lowest BCUT2D eigenvalue weighted by Crippen LogP contribution is -2.36. The van der Waals surface area contributed by atoms with E-state index in [1.165, 1.54) is 10.6 Å². The van der Waals surface area contributed by atoms with Gasteiger partial charge in [0.2, 0.25) is 0 Å². The number of fused-ring (bicyclic) bond motifs is 3. The first-order valence-electron chi connectivity index (χ1n) is 5.34. The molecule has 1 heterocycles. The minimum Gasteiger partial charge on any atom is -0.339 e. The topological polar surface area (TPSA) is 30.9 Å². The Labute approximate surface area is 88.3 Å². The van der Waals surface area contributed by atoms with Crippen LogP contribution in [-0.2, 0) is 0 Å². The number of rotatable bonds is 0. The lowest BCUT2D eigenvalue weighted by molar-refractivity contribution is 0.790. The van der Waals surface area contributed by atoms with E-state index in [2.05, 4.69) is 37.3 Å². The Hall–Kier alpha value is -1.70. The molecule has 1 aliphatic carbocycles. The van der Waals surface area contributed by atoms with Crippen molar-refractivity contribution < 1.29 is 0 Å². The Morgan fingerprint density at radius 3 is 3.00 bits per heavy atom. The molecule has 0 amide bonds. The van der Waals surface area contributed by atoms with Crippen molar-refractivity contribution >= 4 is 23.1 Å². The summed E-state index contributed by atoms with van der Waals surface area (Å²) in [6.07, 6.45) is 5.67. The molecule has 0 fully saturated rings. The summed E-state index contributed by atoms with van der Waals surface area (Å²) in [7, 11) is 0. The van der Waals surface area contributed by atoms with E-state index in [1.54, 1.807) is 4.68 Å². The summed E-state index contributed by atoms with van der Waals surface area (Å²) in [4.78, 5) is 0. The Morgan fingerprint density at radius 1 is 1.33 bits per heavy atom. The van der Waals surface area contributed by atoms with Crippen molar-refractivity contribution in [1.29, 1.82) is 0 Å². The Kier molecular flexibility index (Phi) is 1.66. The number of hydrogen-bond acceptors (Lipinski definition) is 1. The molecule has 1 unspecified atom stereocenters. The molecule has 76 valence electrons. The molecule has 1 aliphatic rings. The molecule has 0 bridgehead atoms. The summed E-state index contributed by atoms with van der Waals surface area (Å²) in [6.45, 7) is 2.22. The van der Waals surface area contributed by atoms with Crippen LogP contribution in [-0.4, -0.2) is 4.68 Å². The lowest BCUT2D eigenvalue weighted by Gasteiger charge is -2.05. The second-order valence-corrected chi connectivity index (χ2v) is 4.27. The molecule has 3 rings (SSSR count). The number of hydrogen-bond donors (Lipinski definition) is 1. The van der Waals surface area contributed by atoms with Gasteiger partial charge in [-0.2, -0.15) is 0 Å². The van der Waals surface area contributed by atoms with E-state index in [1.807, 2.05) is 6.07 Å². The predicted molar refractivity (Wildman–Crippen MR) is 64.0 cm³/mol. The molecular formula is C13H14N2. The Morgan fingerprint density at radius 2 is 2.13 bits per heavy atom. The van der Waals surface area contributed by atoms with Crippen molar-refractivity contribution in [3.8, 4) is 0 Å². The molecule has 2 heteroatoms. The highest BCUT2D eigenvalue weighted by Gasteiger charge is 2.09. The van der Waals surface area contributed by atoms with Crippen LogP contribution in [0.4, 0.5) is 0 Å². The van der Waals surface area contributed by atoms with E-state index in [4.69, 9.17) is 5.84 Å². The first-order chi connectivity index (χ1) is 7.27. The van der Waals surface area contributed by atoms with Gasteiger partial charge in [-0.1, -0.05) is 37.3 Å². The van der Waals surface area contributed by atoms with Crippen molar-refractivity contribution in [3.05, 3.63) is 34.8 Å². The average molecular weight is 198 g/mol. The maximum atomic E-state index is 6.09. The van der Waals surface area contributed by atoms with Gasteiger partial charge in [0.1, 0.15) is 0 Å². The van der Waals surface area contributed by atoms with Crippen molar-refractivity contribution in [2.24, 2.45) is 5.92 Å². The summed E-state index contributed by atoms with van der Waals surface area (Å²) < 4.78 is 1.80. The number of nitrogen functional groups attached to an aromatic ring is 1. The number of benzene rings is 1. The summed E-state index contributed by atoms with van der Waals surface area (Å²) in [5.41, 5.74) is 1.11. The Bertz CT molecular complexity index is 634. The first kappa shape index (κ1) is 8.60. The predicted octanol–water partition coefficient (Wildman–Crippen LogP) is 0.956. The lowest BCUT2D eigenvalue weighted by atomic mass is 10.0. The highest BCUT2D eigenvalue weighted by Crippen LogP contribution is 2.11. The zero-order chi connectivity index (χ0) is 10.4. The van der Waals surface area contributed by atoms with Gasteiger partial charge in [-0.05, 0) is 18.4 Å². The summed E-state index contributed by atoms with van der Waals surface area (Å²) in [5.74, 6) is 6.67. The van der Waals surface area contributed by atoms with Crippen LogP contribution in [0.1, 0.15) is 13.3 Å². The molecule has 15 heavy (non-hydrogen) atoms. The fraction of sp³-hybridized carbons (Fsp3) is 0.231. The van der Waals surface area contributed by atoms with Gasteiger partial charge in [0.05, 0.1) is 10.9 Å². The molecule has 1 aromatic heterocycles. The maximum absolute atomic E-state index is 6.09. The molecule has 0 saturated heterocycles. The third kappa shape index (κ3) is 1.11. The minimum absolute atomic E-state index is 0.587. The molecule has 1 atom stereocenters. The van der Waals surface area contributed by atoms with Gasteiger partial charge in [0, 0.05) is 10.6 Å². The summed E-state index contributed by atoms with van der Waals surface area (Å²) in [5, 5.41) is 3.72. The van der Waals surface area contributed by atoms with Gasteiger partial charge in [-0.15, -0.1) is 0 Å². The van der Waals surface area contributed by atoms with Gasteiger partial charge < -0.3 is 5.84 Å². The largest absolute Gasteiger partial charge is 0.339 e. The average Bonchev–Trinajstić information content (AvgIpc) is 2.54. The van der Waals surface area contributed by atoms with Crippen molar-refractivity contribution in [2.45, 2.75) is 13.3 Å². The first-order valence-corrected chi connectivity index (χ1v) is 5.34. The van der Waals surface area contributed by atoms with E-state index in [9.17, 15) is 0 Å². The van der Waals surface area contributed by atoms with Gasteiger partial charge in [-0.3, -0.25) is 4.68 Å². The van der Waals surface area contributed by atoms with Crippen LogP contribution >= 0.6 is 0 Å². The molecule has 2 nitrogen and oxygen atoms in total. The van der Waals surface area contributed by atoms with Crippen LogP contribution in [0.15, 0.2) is 24.3 Å². The molecule has 1 aromatic carbocycles. The molecular weight excluding hydrogens is 184 g/mol. The van der Waals surface area contributed by atoms with Crippen LogP contribution < -0.4 is 16.4 Å². The van der Waals surface area contributed by atoms with Gasteiger partial charge in [-0.25, -0.2) is 0 Å². The fourth-order valence-corrected chi connectivity index (χ4v) is 2.33. The second-order valence-electron chi connectivity index (χ2n) is 4.27. The van der Waals surface area contributed by atoms with E-state index >= 15 is 0 Å². The number of nitrogens with two attached hydrogens (primary N) is 1. The molecule has 0 saturated carbocycles. The van der Waals surface area contributed by atoms with Crippen LogP contribution in [0, 0.1) is 5.92 Å². The van der Waals surface area contributed by atoms with Crippen LogP contribution in [0.5, 0.6) is 0 Å². The third-order valence-electron chi connectivity index (χ3n) is 3.13. The van der Waals surface area contributed by atoms with E-state index in [-0.39, 0.29) is 0 Å². The zero-order valence-corrected chi connectivity index (χ0v) is 8.77. The molecule has 2 N–H and O–H groups in total. The van der Waals surface area contributed by atoms with Crippen LogP contribution in [0.3, 0.4) is 0 Å². The van der Waals surface area contributed by atoms with Gasteiger partial charge >= 0.3 is 0 Å². The van der Waals surface area contributed by atoms with Crippen molar-refractivity contribution in [1.82, 2.24) is 4.68 Å². The van der Waals surface area contributed by atoms with E-state index in [0.29, 0.717) is 5.92 Å². The zero-order valence-electron chi connectivity index (χ0n) is 8.77. The Balaban J connectivity index is 2.59. The monoisotopic (exact) mass is 198 g/mol. The summed E-state index contributed by atoms with van der Waals surface area (Å²) >= 11 is 0. The highest BCUT2D eigenvalue weighted by molar-refractivity contribution is 5.82. The summed E-state index contributed by atoms with van der Waals surface area (Å²) in [6, 6.07) is 8.30. The third-order valence-corrected chi connectivity index (χ3v) is 3.13. The number of para-hydroxylation sites is 1. The van der Waals surface area contributed by atoms with Gasteiger partial charge in [0.15, 0.2) is 0 Å². The molecule has 2 aromatic rings. The molecule has 0 spiro atoms. The smallest absolute Gasteiger partial charge is 0.0703 e. The quantitative estimate of drug-likeness (QED) is 0.628. The minimum atomic E-state index is 0.587. The molecule has 0 radical (unpaired) electrons. The van der Waals surface area contributed by atoms with Crippen molar-refractivity contribution in [2.75, 3.05) is 5.84 Å². The molecule has 0 aliphatic heterocycles. The fourth-order valence-electron chi connectivity index (χ4n) is 2.33. The van der Waals surface area contributed by atoms with Crippen molar-refractivity contribution in [3.63, 3.8) is 0 Å². The number of nitrogens with zero attached hydrogens (tertiary/aromatic N) is 1. The van der Waals surface area contributed by atoms with Crippen LogP contribution in [0.2, 0.25) is 0 Å². The SMILES string of the molecule is CC1C=c2c(c3ccccc3n2N)=CC1. The number of aromatic nitrogens is 1. The van der Waals surface area contributed by atoms with E-state index in [0.717, 1.165) is 17.3 Å². The van der Waals surface area contributed by atoms with Crippen LogP contribution in [0.25, 0.3) is 23.1 Å². The normalized spacial score (nSPS) is 19.4. The van der Waals surface area contributed by atoms with Gasteiger partial charge in [0.25, 0.3) is 0 Å². The highest BCUT2D eigenvalue weighted by atomic mass is 15.3. The maximum Gasteiger partial charge on any atom is 0.0703 e. The standard InChI is InChI=1S/C13H14N2/c1-9-6-7-11-10-4-2-3-5-12(10)15(14)13(11)8-9/h2-5,7-9H,6,14H2,1H3.